The highest BCUT2D eigenvalue weighted by Crippen LogP contribution is 2.35. The summed E-state index contributed by atoms with van der Waals surface area (Å²) in [6, 6.07) is 5.58. The molecule has 0 unspecified atom stereocenters. The molecule has 20 heavy (non-hydrogen) atoms. The van der Waals surface area contributed by atoms with Gasteiger partial charge in [0, 0.05) is 30.0 Å². The predicted octanol–water partition coefficient (Wildman–Crippen LogP) is 2.56. The lowest BCUT2D eigenvalue weighted by atomic mass is 10.1. The minimum absolute atomic E-state index is 0.0224. The second-order valence-corrected chi connectivity index (χ2v) is 5.35. The summed E-state index contributed by atoms with van der Waals surface area (Å²) in [4.78, 5) is 16.9. The van der Waals surface area contributed by atoms with Gasteiger partial charge in [-0.25, -0.2) is 4.98 Å². The van der Waals surface area contributed by atoms with E-state index < -0.39 is 4.92 Å². The summed E-state index contributed by atoms with van der Waals surface area (Å²) in [6.07, 6.45) is 1.32. The molecule has 6 nitrogen and oxygen atoms in total. The number of rotatable bonds is 5. The summed E-state index contributed by atoms with van der Waals surface area (Å²) in [7, 11) is 3.70. The zero-order valence-electron chi connectivity index (χ0n) is 11.3. The number of benzene rings is 1. The molecule has 2 rings (SSSR count). The summed E-state index contributed by atoms with van der Waals surface area (Å²) >= 11 is 3.40. The van der Waals surface area contributed by atoms with Crippen LogP contribution in [0.3, 0.4) is 0 Å². The van der Waals surface area contributed by atoms with E-state index in [4.69, 9.17) is 0 Å². The van der Waals surface area contributed by atoms with Gasteiger partial charge in [-0.1, -0.05) is 15.9 Å². The molecule has 2 aromatic rings. The monoisotopic (exact) mass is 338 g/mol. The molecule has 0 radical (unpaired) electrons. The molecule has 0 saturated carbocycles. The number of nitrogens with zero attached hydrogens (tertiary/aromatic N) is 3. The molecule has 1 N–H and O–H groups in total. The zero-order chi connectivity index (χ0) is 14.7. The molecule has 0 aliphatic heterocycles. The van der Waals surface area contributed by atoms with Crippen molar-refractivity contribution in [2.75, 3.05) is 32.1 Å². The number of likely N-dealkylation sites (N-methyl/N-ethyl adjacent to an activating group) is 2. The van der Waals surface area contributed by atoms with Crippen LogP contribution in [0.4, 0.5) is 11.4 Å². The Balaban J connectivity index is 2.64. The number of halogens is 1. The fourth-order valence-electron chi connectivity index (χ4n) is 2.07. The average Bonchev–Trinajstić information content (AvgIpc) is 2.43. The van der Waals surface area contributed by atoms with Gasteiger partial charge in [0.2, 0.25) is 0 Å². The van der Waals surface area contributed by atoms with Crippen molar-refractivity contribution in [1.29, 1.82) is 0 Å². The van der Waals surface area contributed by atoms with Gasteiger partial charge < -0.3 is 10.2 Å². The lowest BCUT2D eigenvalue weighted by Gasteiger charge is -2.20. The van der Waals surface area contributed by atoms with E-state index in [1.807, 2.05) is 37.2 Å². The highest BCUT2D eigenvalue weighted by atomic mass is 79.9. The Morgan fingerprint density at radius 2 is 2.25 bits per heavy atom. The van der Waals surface area contributed by atoms with Crippen molar-refractivity contribution in [3.8, 4) is 0 Å². The lowest BCUT2D eigenvalue weighted by molar-refractivity contribution is -0.384. The molecular weight excluding hydrogens is 324 g/mol. The third-order valence-corrected chi connectivity index (χ3v) is 3.55. The number of aromatic nitrogens is 1. The summed E-state index contributed by atoms with van der Waals surface area (Å²) in [5.74, 6) is 0. The first kappa shape index (κ1) is 14.7. The maximum absolute atomic E-state index is 11.2. The molecule has 0 bridgehead atoms. The van der Waals surface area contributed by atoms with E-state index in [1.54, 1.807) is 0 Å². The minimum atomic E-state index is -0.390. The van der Waals surface area contributed by atoms with Crippen molar-refractivity contribution in [3.63, 3.8) is 0 Å². The molecule has 0 spiro atoms. The van der Waals surface area contributed by atoms with Gasteiger partial charge in [0.1, 0.15) is 11.9 Å². The summed E-state index contributed by atoms with van der Waals surface area (Å²) in [5, 5.41) is 15.1. The Kier molecular flexibility index (Phi) is 4.51. The van der Waals surface area contributed by atoms with Gasteiger partial charge in [0.25, 0.3) is 0 Å². The number of hydrogen-bond donors (Lipinski definition) is 1. The molecule has 106 valence electrons. The van der Waals surface area contributed by atoms with Crippen molar-refractivity contribution < 1.29 is 4.92 Å². The summed E-state index contributed by atoms with van der Waals surface area (Å²) in [5.41, 5.74) is 1.36. The van der Waals surface area contributed by atoms with Crippen LogP contribution >= 0.6 is 15.9 Å². The SMILES string of the molecule is CNCCN(C)c1c([N+](=O)[O-])cnc2ccc(Br)cc12. The van der Waals surface area contributed by atoms with Crippen LogP contribution in [0.1, 0.15) is 0 Å². The van der Waals surface area contributed by atoms with Gasteiger partial charge >= 0.3 is 5.69 Å². The Labute approximate surface area is 125 Å². The standard InChI is InChI=1S/C13H15BrN4O2/c1-15-5-6-17(2)13-10-7-9(14)3-4-11(10)16-8-12(13)18(19)20/h3-4,7-8,15H,5-6H2,1-2H3. The van der Waals surface area contributed by atoms with Crippen LogP contribution in [0.2, 0.25) is 0 Å². The van der Waals surface area contributed by atoms with Crippen LogP contribution in [0.5, 0.6) is 0 Å². The van der Waals surface area contributed by atoms with Crippen molar-refractivity contribution >= 4 is 38.2 Å². The van der Waals surface area contributed by atoms with Crippen LogP contribution in [0.25, 0.3) is 10.9 Å². The molecule has 0 saturated heterocycles. The van der Waals surface area contributed by atoms with Crippen molar-refractivity contribution in [2.45, 2.75) is 0 Å². The topological polar surface area (TPSA) is 71.3 Å². The number of nitrogens with one attached hydrogen (secondary N) is 1. The largest absolute Gasteiger partial charge is 0.367 e. The van der Waals surface area contributed by atoms with E-state index in [-0.39, 0.29) is 5.69 Å². The maximum Gasteiger partial charge on any atom is 0.311 e. The molecule has 0 atom stereocenters. The van der Waals surface area contributed by atoms with Crippen LogP contribution < -0.4 is 10.2 Å². The van der Waals surface area contributed by atoms with Gasteiger partial charge in [-0.05, 0) is 25.2 Å². The first-order valence-electron chi connectivity index (χ1n) is 6.13. The summed E-state index contributed by atoms with van der Waals surface area (Å²) < 4.78 is 0.871. The molecule has 0 aliphatic rings. The molecule has 1 heterocycles. The Morgan fingerprint density at radius 1 is 1.50 bits per heavy atom. The van der Waals surface area contributed by atoms with Crippen molar-refractivity contribution in [1.82, 2.24) is 10.3 Å². The van der Waals surface area contributed by atoms with E-state index in [0.29, 0.717) is 12.2 Å². The van der Waals surface area contributed by atoms with Gasteiger partial charge in [0.15, 0.2) is 0 Å². The Hall–Kier alpha value is -1.73. The third-order valence-electron chi connectivity index (χ3n) is 3.06. The number of nitro groups is 1. The maximum atomic E-state index is 11.2. The highest BCUT2D eigenvalue weighted by molar-refractivity contribution is 9.10. The predicted molar refractivity (Wildman–Crippen MR) is 83.3 cm³/mol. The molecule has 7 heteroatoms. The molecular formula is C13H15BrN4O2. The second kappa shape index (κ2) is 6.15. The van der Waals surface area contributed by atoms with Gasteiger partial charge in [-0.15, -0.1) is 0 Å². The van der Waals surface area contributed by atoms with Crippen molar-refractivity contribution in [3.05, 3.63) is 39.0 Å². The summed E-state index contributed by atoms with van der Waals surface area (Å²) in [6.45, 7) is 1.41. The molecule has 1 aromatic carbocycles. The van der Waals surface area contributed by atoms with E-state index in [2.05, 4.69) is 26.2 Å². The second-order valence-electron chi connectivity index (χ2n) is 4.44. The first-order chi connectivity index (χ1) is 9.54. The number of fused-ring (bicyclic) bond motifs is 1. The molecule has 0 fully saturated rings. The number of anilines is 1. The van der Waals surface area contributed by atoms with Crippen LogP contribution in [-0.2, 0) is 0 Å². The van der Waals surface area contributed by atoms with E-state index in [0.717, 1.165) is 21.9 Å². The normalized spacial score (nSPS) is 10.8. The molecule has 0 aliphatic carbocycles. The van der Waals surface area contributed by atoms with Crippen LogP contribution in [0.15, 0.2) is 28.9 Å². The third kappa shape index (κ3) is 2.88. The first-order valence-corrected chi connectivity index (χ1v) is 6.92. The average molecular weight is 339 g/mol. The van der Waals surface area contributed by atoms with Crippen LogP contribution in [0, 0.1) is 10.1 Å². The quantitative estimate of drug-likeness (QED) is 0.670. The fraction of sp³-hybridized carbons (Fsp3) is 0.308. The van der Waals surface area contributed by atoms with Gasteiger partial charge in [0.05, 0.1) is 10.4 Å². The Bertz CT molecular complexity index is 648. The van der Waals surface area contributed by atoms with Crippen molar-refractivity contribution in [2.24, 2.45) is 0 Å². The number of hydrogen-bond acceptors (Lipinski definition) is 5. The lowest BCUT2D eigenvalue weighted by Crippen LogP contribution is -2.27. The van der Waals surface area contributed by atoms with E-state index in [9.17, 15) is 10.1 Å². The fourth-order valence-corrected chi connectivity index (χ4v) is 2.43. The van der Waals surface area contributed by atoms with Crippen LogP contribution in [-0.4, -0.2) is 37.1 Å². The van der Waals surface area contributed by atoms with Gasteiger partial charge in [-0.2, -0.15) is 0 Å². The minimum Gasteiger partial charge on any atom is -0.367 e. The molecule has 0 amide bonds. The van der Waals surface area contributed by atoms with E-state index >= 15 is 0 Å². The highest BCUT2D eigenvalue weighted by Gasteiger charge is 2.21. The molecule has 1 aromatic heterocycles. The zero-order valence-corrected chi connectivity index (χ0v) is 12.8. The van der Waals surface area contributed by atoms with Gasteiger partial charge in [-0.3, -0.25) is 10.1 Å². The Morgan fingerprint density at radius 3 is 2.90 bits per heavy atom. The number of pyridine rings is 1. The smallest absolute Gasteiger partial charge is 0.311 e. The van der Waals surface area contributed by atoms with E-state index in [1.165, 1.54) is 6.20 Å².